The van der Waals surface area contributed by atoms with Crippen molar-refractivity contribution in [3.05, 3.63) is 29.8 Å². The Morgan fingerprint density at radius 2 is 1.84 bits per heavy atom. The van der Waals surface area contributed by atoms with Crippen molar-refractivity contribution in [3.63, 3.8) is 0 Å². The van der Waals surface area contributed by atoms with Gasteiger partial charge < -0.3 is 24.6 Å². The molecular weight excluding hydrogens is 324 g/mol. The molecule has 0 bridgehead atoms. The maximum absolute atomic E-state index is 12.3. The zero-order chi connectivity index (χ0) is 17.8. The molecule has 138 valence electrons. The zero-order valence-electron chi connectivity index (χ0n) is 14.5. The predicted octanol–water partition coefficient (Wildman–Crippen LogP) is -0.361. The van der Waals surface area contributed by atoms with Gasteiger partial charge in [-0.15, -0.1) is 0 Å². The van der Waals surface area contributed by atoms with E-state index in [-0.39, 0.29) is 25.2 Å². The van der Waals surface area contributed by atoms with Crippen molar-refractivity contribution in [2.45, 2.75) is 25.2 Å². The first-order valence-electron chi connectivity index (χ1n) is 8.70. The van der Waals surface area contributed by atoms with E-state index >= 15 is 0 Å². The molecule has 0 spiro atoms. The largest absolute Gasteiger partial charge is 0.484 e. The summed E-state index contributed by atoms with van der Waals surface area (Å²) in [6, 6.07) is 7.40. The lowest BCUT2D eigenvalue weighted by Gasteiger charge is -2.43. The summed E-state index contributed by atoms with van der Waals surface area (Å²) in [5, 5.41) is 19.9. The summed E-state index contributed by atoms with van der Waals surface area (Å²) in [6.45, 7) is 5.06. The Bertz CT molecular complexity index is 571. The number of hydrogen-bond acceptors (Lipinski definition) is 6. The number of carbonyl (C=O) groups is 1. The lowest BCUT2D eigenvalue weighted by molar-refractivity contribution is -0.145. The van der Waals surface area contributed by atoms with E-state index in [0.717, 1.165) is 5.56 Å². The maximum atomic E-state index is 12.3. The smallest absolute Gasteiger partial charge is 0.260 e. The minimum absolute atomic E-state index is 0.0247. The van der Waals surface area contributed by atoms with Crippen molar-refractivity contribution in [1.29, 1.82) is 0 Å². The van der Waals surface area contributed by atoms with E-state index in [2.05, 4.69) is 4.90 Å². The van der Waals surface area contributed by atoms with Crippen LogP contribution in [0.5, 0.6) is 5.75 Å². The van der Waals surface area contributed by atoms with Gasteiger partial charge in [0.2, 0.25) is 0 Å². The highest BCUT2D eigenvalue weighted by Gasteiger charge is 2.37. The summed E-state index contributed by atoms with van der Waals surface area (Å²) >= 11 is 0. The molecule has 7 heteroatoms. The molecule has 1 aromatic rings. The van der Waals surface area contributed by atoms with Gasteiger partial charge in [-0.2, -0.15) is 0 Å². The van der Waals surface area contributed by atoms with Gasteiger partial charge in [0.1, 0.15) is 11.9 Å². The second-order valence-corrected chi connectivity index (χ2v) is 6.68. The van der Waals surface area contributed by atoms with E-state index in [1.54, 1.807) is 4.90 Å². The summed E-state index contributed by atoms with van der Waals surface area (Å²) in [7, 11) is 0. The van der Waals surface area contributed by atoms with Gasteiger partial charge in [0.15, 0.2) is 6.61 Å². The van der Waals surface area contributed by atoms with Crippen LogP contribution in [-0.2, 0) is 9.53 Å². The third-order valence-electron chi connectivity index (χ3n) is 4.88. The monoisotopic (exact) mass is 350 g/mol. The van der Waals surface area contributed by atoms with Crippen molar-refractivity contribution in [3.8, 4) is 5.75 Å². The van der Waals surface area contributed by atoms with Crippen molar-refractivity contribution >= 4 is 5.91 Å². The minimum Gasteiger partial charge on any atom is -0.484 e. The highest BCUT2D eigenvalue weighted by atomic mass is 16.5. The van der Waals surface area contributed by atoms with Crippen molar-refractivity contribution < 1.29 is 24.5 Å². The van der Waals surface area contributed by atoms with Gasteiger partial charge in [-0.25, -0.2) is 0 Å². The summed E-state index contributed by atoms with van der Waals surface area (Å²) in [6.07, 6.45) is -1.65. The SMILES string of the molecule is Cc1ccc(OCC(=O)N2CCN([C@@H]3COC[C@@H](O)[C@H]3O)CC2)cc1. The fourth-order valence-corrected chi connectivity index (χ4v) is 3.26. The van der Waals surface area contributed by atoms with Crippen LogP contribution in [0.1, 0.15) is 5.56 Å². The van der Waals surface area contributed by atoms with E-state index in [0.29, 0.717) is 38.5 Å². The molecule has 0 aromatic heterocycles. The zero-order valence-corrected chi connectivity index (χ0v) is 14.5. The van der Waals surface area contributed by atoms with Crippen molar-refractivity contribution in [2.24, 2.45) is 0 Å². The normalized spacial score (nSPS) is 28.0. The second-order valence-electron chi connectivity index (χ2n) is 6.68. The first-order chi connectivity index (χ1) is 12.0. The van der Waals surface area contributed by atoms with Crippen LogP contribution in [-0.4, -0.2) is 90.2 Å². The molecule has 2 heterocycles. The number of rotatable bonds is 4. The van der Waals surface area contributed by atoms with E-state index in [4.69, 9.17) is 9.47 Å². The van der Waals surface area contributed by atoms with Crippen LogP contribution in [0.4, 0.5) is 0 Å². The first-order valence-corrected chi connectivity index (χ1v) is 8.70. The Labute approximate surface area is 147 Å². The van der Waals surface area contributed by atoms with Crippen LogP contribution in [0.3, 0.4) is 0 Å². The van der Waals surface area contributed by atoms with E-state index in [1.807, 2.05) is 31.2 Å². The van der Waals surface area contributed by atoms with Gasteiger partial charge in [-0.3, -0.25) is 9.69 Å². The Morgan fingerprint density at radius 1 is 1.16 bits per heavy atom. The third-order valence-corrected chi connectivity index (χ3v) is 4.88. The standard InChI is InChI=1S/C18H26N2O5/c1-13-2-4-14(5-3-13)25-12-17(22)20-8-6-19(7-9-20)15-10-24-11-16(21)18(15)23/h2-5,15-16,18,21,23H,6-12H2,1H3/t15-,16-,18+/m1/s1. The molecule has 2 fully saturated rings. The second kappa shape index (κ2) is 8.14. The molecule has 25 heavy (non-hydrogen) atoms. The van der Waals surface area contributed by atoms with Gasteiger partial charge >= 0.3 is 0 Å². The van der Waals surface area contributed by atoms with Gasteiger partial charge in [0, 0.05) is 26.2 Å². The van der Waals surface area contributed by atoms with Crippen LogP contribution in [0.25, 0.3) is 0 Å². The molecular formula is C18H26N2O5. The number of nitrogens with zero attached hydrogens (tertiary/aromatic N) is 2. The number of aliphatic hydroxyl groups excluding tert-OH is 2. The number of aliphatic hydroxyl groups is 2. The summed E-state index contributed by atoms with van der Waals surface area (Å²) < 4.78 is 10.9. The van der Waals surface area contributed by atoms with Crippen molar-refractivity contribution in [1.82, 2.24) is 9.80 Å². The number of aryl methyl sites for hydroxylation is 1. The highest BCUT2D eigenvalue weighted by molar-refractivity contribution is 5.77. The number of piperazine rings is 1. The number of hydrogen-bond donors (Lipinski definition) is 2. The highest BCUT2D eigenvalue weighted by Crippen LogP contribution is 2.17. The lowest BCUT2D eigenvalue weighted by Crippen LogP contribution is -2.61. The molecule has 2 N–H and O–H groups in total. The third kappa shape index (κ3) is 4.49. The number of amides is 1. The average molecular weight is 350 g/mol. The molecule has 3 rings (SSSR count). The quantitative estimate of drug-likeness (QED) is 0.772. The van der Waals surface area contributed by atoms with Gasteiger partial charge in [0.25, 0.3) is 5.91 Å². The number of ether oxygens (including phenoxy) is 2. The lowest BCUT2D eigenvalue weighted by atomic mass is 10.0. The Kier molecular flexibility index (Phi) is 5.90. The fourth-order valence-electron chi connectivity index (χ4n) is 3.26. The summed E-state index contributed by atoms with van der Waals surface area (Å²) in [5.74, 6) is 0.648. The molecule has 2 aliphatic rings. The molecule has 3 atom stereocenters. The topological polar surface area (TPSA) is 82.5 Å². The molecule has 0 saturated carbocycles. The molecule has 1 aromatic carbocycles. The van der Waals surface area contributed by atoms with E-state index in [9.17, 15) is 15.0 Å². The van der Waals surface area contributed by atoms with Crippen LogP contribution >= 0.6 is 0 Å². The van der Waals surface area contributed by atoms with E-state index < -0.39 is 12.2 Å². The van der Waals surface area contributed by atoms with E-state index in [1.165, 1.54) is 0 Å². The number of carbonyl (C=O) groups excluding carboxylic acids is 1. The summed E-state index contributed by atoms with van der Waals surface area (Å²) in [5.41, 5.74) is 1.15. The molecule has 0 radical (unpaired) electrons. The van der Waals surface area contributed by atoms with Gasteiger partial charge in [-0.1, -0.05) is 17.7 Å². The molecule has 2 saturated heterocycles. The molecule has 2 aliphatic heterocycles. The summed E-state index contributed by atoms with van der Waals surface area (Å²) in [4.78, 5) is 16.2. The van der Waals surface area contributed by atoms with Gasteiger partial charge in [0.05, 0.1) is 25.4 Å². The fraction of sp³-hybridized carbons (Fsp3) is 0.611. The Hall–Kier alpha value is -1.67. The molecule has 7 nitrogen and oxygen atoms in total. The van der Waals surface area contributed by atoms with Crippen LogP contribution in [0.15, 0.2) is 24.3 Å². The average Bonchev–Trinajstić information content (AvgIpc) is 2.63. The van der Waals surface area contributed by atoms with Crippen LogP contribution < -0.4 is 4.74 Å². The van der Waals surface area contributed by atoms with Gasteiger partial charge in [-0.05, 0) is 19.1 Å². The Morgan fingerprint density at radius 3 is 2.52 bits per heavy atom. The molecule has 1 amide bonds. The minimum atomic E-state index is -0.846. The predicted molar refractivity (Wildman–Crippen MR) is 91.4 cm³/mol. The maximum Gasteiger partial charge on any atom is 0.260 e. The molecule has 0 aliphatic carbocycles. The van der Waals surface area contributed by atoms with Crippen LogP contribution in [0, 0.1) is 6.92 Å². The number of benzene rings is 1. The Balaban J connectivity index is 1.45. The van der Waals surface area contributed by atoms with Crippen LogP contribution in [0.2, 0.25) is 0 Å². The van der Waals surface area contributed by atoms with Crippen molar-refractivity contribution in [2.75, 3.05) is 46.0 Å². The first kappa shape index (κ1) is 18.1. The molecule has 0 unspecified atom stereocenters.